The highest BCUT2D eigenvalue weighted by atomic mass is 32.1. The highest BCUT2D eigenvalue weighted by Crippen LogP contribution is 2.40. The number of hydrogen-bond acceptors (Lipinski definition) is 9. The number of fused-ring (bicyclic) bond motifs is 1. The quantitative estimate of drug-likeness (QED) is 0.110. The summed E-state index contributed by atoms with van der Waals surface area (Å²) >= 11 is 1.30. The van der Waals surface area contributed by atoms with Crippen LogP contribution in [0, 0.1) is 5.92 Å². The van der Waals surface area contributed by atoms with Gasteiger partial charge in [0.2, 0.25) is 0 Å². The van der Waals surface area contributed by atoms with Crippen molar-refractivity contribution >= 4 is 46.3 Å². The fourth-order valence-corrected chi connectivity index (χ4v) is 5.72. The molecule has 1 heterocycles. The maximum absolute atomic E-state index is 12.6. The third kappa shape index (κ3) is 7.82. The number of thiophene rings is 1. The van der Waals surface area contributed by atoms with Gasteiger partial charge in [-0.3, -0.25) is 9.59 Å². The Labute approximate surface area is 248 Å². The van der Waals surface area contributed by atoms with Crippen LogP contribution in [-0.2, 0) is 27.2 Å². The number of amides is 2. The van der Waals surface area contributed by atoms with Crippen LogP contribution in [-0.4, -0.2) is 43.2 Å². The Hall–Kier alpha value is -4.51. The standard InChI is InChI=1S/C31H33N3O7S/c1-4-16-40-22-13-9-21(10-14-22)30(37)41-23-11-7-20(8-12-23)18-32-34-28(36)27(35)33-29-26(31(38)39-5-2)24-15-6-19(3)17-25(24)42-29/h7-14,18-19H,4-6,15-17H2,1-3H3,(H,33,35)(H,34,36). The Balaban J connectivity index is 1.31. The molecule has 0 spiro atoms. The number of ether oxygens (including phenoxy) is 3. The first kappa shape index (κ1) is 30.4. The Morgan fingerprint density at radius 1 is 0.976 bits per heavy atom. The lowest BCUT2D eigenvalue weighted by Crippen LogP contribution is -2.32. The Morgan fingerprint density at radius 2 is 1.69 bits per heavy atom. The minimum atomic E-state index is -0.988. The predicted octanol–water partition coefficient (Wildman–Crippen LogP) is 5.15. The fourth-order valence-electron chi connectivity index (χ4n) is 4.33. The van der Waals surface area contributed by atoms with E-state index in [0.29, 0.717) is 52.1 Å². The second-order valence-electron chi connectivity index (χ2n) is 9.76. The molecule has 0 aliphatic heterocycles. The lowest BCUT2D eigenvalue weighted by Gasteiger charge is -2.18. The Bertz CT molecular complexity index is 1460. The third-order valence-electron chi connectivity index (χ3n) is 6.46. The maximum atomic E-state index is 12.6. The Kier molecular flexibility index (Phi) is 10.4. The van der Waals surface area contributed by atoms with Crippen LogP contribution in [0.4, 0.5) is 5.00 Å². The molecule has 1 unspecified atom stereocenters. The fraction of sp³-hybridized carbons (Fsp3) is 0.323. The van der Waals surface area contributed by atoms with Crippen molar-refractivity contribution in [2.75, 3.05) is 18.5 Å². The summed E-state index contributed by atoms with van der Waals surface area (Å²) in [6.45, 7) is 6.67. The van der Waals surface area contributed by atoms with E-state index in [2.05, 4.69) is 22.8 Å². The van der Waals surface area contributed by atoms with Gasteiger partial charge >= 0.3 is 23.8 Å². The summed E-state index contributed by atoms with van der Waals surface area (Å²) in [4.78, 5) is 51.1. The van der Waals surface area contributed by atoms with Gasteiger partial charge in [0, 0.05) is 4.88 Å². The van der Waals surface area contributed by atoms with Gasteiger partial charge in [0.15, 0.2) is 0 Å². The predicted molar refractivity (Wildman–Crippen MR) is 159 cm³/mol. The van der Waals surface area contributed by atoms with Crippen LogP contribution in [0.2, 0.25) is 0 Å². The van der Waals surface area contributed by atoms with E-state index in [4.69, 9.17) is 14.2 Å². The molecule has 220 valence electrons. The molecule has 0 fully saturated rings. The van der Waals surface area contributed by atoms with Crippen LogP contribution in [0.25, 0.3) is 0 Å². The summed E-state index contributed by atoms with van der Waals surface area (Å²) in [6, 6.07) is 13.2. The van der Waals surface area contributed by atoms with Gasteiger partial charge in [-0.15, -0.1) is 11.3 Å². The molecular formula is C31H33N3O7S. The number of nitrogens with one attached hydrogen (secondary N) is 2. The van der Waals surface area contributed by atoms with Crippen molar-refractivity contribution in [1.29, 1.82) is 0 Å². The summed E-state index contributed by atoms with van der Waals surface area (Å²) in [5.41, 5.74) is 4.38. The van der Waals surface area contributed by atoms with Crippen molar-refractivity contribution in [1.82, 2.24) is 5.43 Å². The highest BCUT2D eigenvalue weighted by molar-refractivity contribution is 7.17. The number of carbonyl (C=O) groups excluding carboxylic acids is 4. The van der Waals surface area contributed by atoms with Crippen LogP contribution in [0.5, 0.6) is 11.5 Å². The smallest absolute Gasteiger partial charge is 0.343 e. The number of hydrogen-bond donors (Lipinski definition) is 2. The zero-order valence-corrected chi connectivity index (χ0v) is 24.5. The topological polar surface area (TPSA) is 132 Å². The van der Waals surface area contributed by atoms with E-state index in [1.165, 1.54) is 17.6 Å². The second-order valence-corrected chi connectivity index (χ2v) is 10.9. The molecule has 42 heavy (non-hydrogen) atoms. The first-order valence-electron chi connectivity index (χ1n) is 13.8. The molecule has 1 atom stereocenters. The number of anilines is 1. The molecule has 2 amide bonds. The molecule has 3 aromatic rings. The molecule has 2 aromatic carbocycles. The minimum absolute atomic E-state index is 0.203. The van der Waals surface area contributed by atoms with Crippen LogP contribution in [0.1, 0.15) is 70.3 Å². The molecule has 0 saturated heterocycles. The minimum Gasteiger partial charge on any atom is -0.494 e. The average molecular weight is 592 g/mol. The van der Waals surface area contributed by atoms with Crippen LogP contribution in [0.3, 0.4) is 0 Å². The molecule has 10 nitrogen and oxygen atoms in total. The number of nitrogens with zero attached hydrogens (tertiary/aromatic N) is 1. The zero-order chi connectivity index (χ0) is 30.1. The molecule has 0 saturated carbocycles. The summed E-state index contributed by atoms with van der Waals surface area (Å²) in [5.74, 6) is -1.47. The van der Waals surface area contributed by atoms with Crippen molar-refractivity contribution < 1.29 is 33.4 Å². The SMILES string of the molecule is CCCOc1ccc(C(=O)Oc2ccc(C=NNC(=O)C(=O)Nc3sc4c(c3C(=O)OCC)CCC(C)C4)cc2)cc1. The van der Waals surface area contributed by atoms with Crippen molar-refractivity contribution in [3.05, 3.63) is 75.7 Å². The Morgan fingerprint density at radius 3 is 2.38 bits per heavy atom. The van der Waals surface area contributed by atoms with Gasteiger partial charge in [-0.25, -0.2) is 15.0 Å². The largest absolute Gasteiger partial charge is 0.494 e. The van der Waals surface area contributed by atoms with Gasteiger partial charge in [0.1, 0.15) is 16.5 Å². The van der Waals surface area contributed by atoms with E-state index in [9.17, 15) is 19.2 Å². The van der Waals surface area contributed by atoms with E-state index in [1.54, 1.807) is 55.5 Å². The first-order valence-corrected chi connectivity index (χ1v) is 14.6. The lowest BCUT2D eigenvalue weighted by atomic mass is 9.88. The molecule has 1 aliphatic rings. The van der Waals surface area contributed by atoms with Gasteiger partial charge in [-0.05, 0) is 98.2 Å². The van der Waals surface area contributed by atoms with Gasteiger partial charge < -0.3 is 19.5 Å². The number of hydrazone groups is 1. The monoisotopic (exact) mass is 591 g/mol. The van der Waals surface area contributed by atoms with E-state index in [1.807, 2.05) is 6.92 Å². The number of esters is 2. The third-order valence-corrected chi connectivity index (χ3v) is 7.63. The average Bonchev–Trinajstić information content (AvgIpc) is 3.34. The van der Waals surface area contributed by atoms with Crippen molar-refractivity contribution in [2.24, 2.45) is 11.0 Å². The summed E-state index contributed by atoms with van der Waals surface area (Å²) in [7, 11) is 0. The highest BCUT2D eigenvalue weighted by Gasteiger charge is 2.30. The zero-order valence-electron chi connectivity index (χ0n) is 23.7. The van der Waals surface area contributed by atoms with E-state index in [-0.39, 0.29) is 6.61 Å². The molecule has 2 N–H and O–H groups in total. The van der Waals surface area contributed by atoms with Gasteiger partial charge in [0.25, 0.3) is 0 Å². The molecule has 0 bridgehead atoms. The maximum Gasteiger partial charge on any atom is 0.343 e. The molecule has 1 aliphatic carbocycles. The van der Waals surface area contributed by atoms with Crippen molar-refractivity contribution in [2.45, 2.75) is 46.5 Å². The van der Waals surface area contributed by atoms with Crippen LogP contribution in [0.15, 0.2) is 53.6 Å². The summed E-state index contributed by atoms with van der Waals surface area (Å²) in [5, 5.41) is 6.71. The molecule has 0 radical (unpaired) electrons. The normalized spacial score (nSPS) is 14.1. The van der Waals surface area contributed by atoms with Crippen LogP contribution < -0.4 is 20.2 Å². The summed E-state index contributed by atoms with van der Waals surface area (Å²) < 4.78 is 16.1. The number of rotatable bonds is 10. The second kappa shape index (κ2) is 14.4. The molecular weight excluding hydrogens is 558 g/mol. The van der Waals surface area contributed by atoms with Gasteiger partial charge in [0.05, 0.1) is 30.6 Å². The van der Waals surface area contributed by atoms with Crippen molar-refractivity contribution in [3.8, 4) is 11.5 Å². The number of benzene rings is 2. The lowest BCUT2D eigenvalue weighted by molar-refractivity contribution is -0.136. The molecule has 1 aromatic heterocycles. The van der Waals surface area contributed by atoms with Gasteiger partial charge in [-0.2, -0.15) is 5.10 Å². The van der Waals surface area contributed by atoms with Crippen LogP contribution >= 0.6 is 11.3 Å². The molecule has 11 heteroatoms. The molecule has 4 rings (SSSR count). The summed E-state index contributed by atoms with van der Waals surface area (Å²) in [6.07, 6.45) is 4.69. The van der Waals surface area contributed by atoms with Crippen molar-refractivity contribution in [3.63, 3.8) is 0 Å². The first-order chi connectivity index (χ1) is 20.3. The van der Waals surface area contributed by atoms with E-state index < -0.39 is 23.8 Å². The van der Waals surface area contributed by atoms with E-state index >= 15 is 0 Å². The van der Waals surface area contributed by atoms with Gasteiger partial charge in [-0.1, -0.05) is 13.8 Å². The van der Waals surface area contributed by atoms with E-state index in [0.717, 1.165) is 29.7 Å². The number of carbonyl (C=O) groups is 4.